The Kier molecular flexibility index (Phi) is 5.85. The number of nitrogens with two attached hydrogens (primary N) is 1. The molecule has 8 heteroatoms. The zero-order valence-electron chi connectivity index (χ0n) is 16.9. The molecule has 3 fully saturated rings. The Hall–Kier alpha value is -2.09. The first-order valence-electron chi connectivity index (χ1n) is 10.7. The Morgan fingerprint density at radius 1 is 1.07 bits per heavy atom. The molecule has 0 radical (unpaired) electrons. The third kappa shape index (κ3) is 4.16. The molecule has 28 heavy (non-hydrogen) atoms. The maximum absolute atomic E-state index is 12.8. The minimum atomic E-state index is 0.199. The number of hydrogen-bond acceptors (Lipinski definition) is 7. The molecule has 1 aromatic rings. The number of nitrogens with zero attached hydrogens (tertiary/aromatic N) is 5. The molecule has 0 aliphatic carbocycles. The van der Waals surface area contributed by atoms with Gasteiger partial charge in [-0.15, -0.1) is 0 Å². The average Bonchev–Trinajstić information content (AvgIpc) is 3.28. The maximum atomic E-state index is 12.8. The number of nitrogens with one attached hydrogen (secondary N) is 1. The van der Waals surface area contributed by atoms with E-state index in [0.717, 1.165) is 76.6 Å². The first-order valence-corrected chi connectivity index (χ1v) is 10.7. The van der Waals surface area contributed by atoms with Crippen molar-refractivity contribution in [1.29, 1.82) is 0 Å². The second kappa shape index (κ2) is 8.51. The van der Waals surface area contributed by atoms with Crippen LogP contribution in [-0.2, 0) is 4.79 Å². The van der Waals surface area contributed by atoms with Gasteiger partial charge in [0.2, 0.25) is 11.9 Å². The lowest BCUT2D eigenvalue weighted by Crippen LogP contribution is -2.51. The molecular formula is C20H33N7O. The molecule has 3 aliphatic heterocycles. The Labute approximate surface area is 167 Å². The summed E-state index contributed by atoms with van der Waals surface area (Å²) in [6.07, 6.45) is 6.73. The molecule has 0 saturated carbocycles. The van der Waals surface area contributed by atoms with E-state index in [1.807, 2.05) is 13.1 Å². The first kappa shape index (κ1) is 19.2. The van der Waals surface area contributed by atoms with Crippen molar-refractivity contribution in [2.45, 2.75) is 44.6 Å². The van der Waals surface area contributed by atoms with E-state index < -0.39 is 0 Å². The highest BCUT2D eigenvalue weighted by molar-refractivity contribution is 5.79. The lowest BCUT2D eigenvalue weighted by Gasteiger charge is -2.42. The summed E-state index contributed by atoms with van der Waals surface area (Å²) in [6, 6.07) is 2.52. The summed E-state index contributed by atoms with van der Waals surface area (Å²) < 4.78 is 0. The minimum Gasteiger partial charge on any atom is -0.373 e. The summed E-state index contributed by atoms with van der Waals surface area (Å²) in [5.74, 6) is 2.56. The number of carbonyl (C=O) groups excluding carboxylic acids is 1. The normalized spacial score (nSPS) is 24.5. The predicted molar refractivity (Wildman–Crippen MR) is 111 cm³/mol. The van der Waals surface area contributed by atoms with Crippen molar-refractivity contribution in [3.05, 3.63) is 6.07 Å². The number of aromatic nitrogens is 2. The first-order chi connectivity index (χ1) is 13.6. The van der Waals surface area contributed by atoms with Gasteiger partial charge < -0.3 is 20.9 Å². The van der Waals surface area contributed by atoms with Gasteiger partial charge in [0.1, 0.15) is 11.6 Å². The number of amides is 1. The van der Waals surface area contributed by atoms with Gasteiger partial charge in [0.05, 0.1) is 5.92 Å². The van der Waals surface area contributed by atoms with Crippen LogP contribution in [0, 0.1) is 5.92 Å². The van der Waals surface area contributed by atoms with Gasteiger partial charge in [-0.1, -0.05) is 0 Å². The summed E-state index contributed by atoms with van der Waals surface area (Å²) in [6.45, 7) is 5.91. The van der Waals surface area contributed by atoms with Crippen LogP contribution in [0.2, 0.25) is 0 Å². The molecule has 0 unspecified atom stereocenters. The van der Waals surface area contributed by atoms with Crippen molar-refractivity contribution in [2.75, 3.05) is 62.3 Å². The van der Waals surface area contributed by atoms with Crippen LogP contribution in [0.3, 0.4) is 0 Å². The smallest absolute Gasteiger partial charge is 0.226 e. The molecule has 1 amide bonds. The largest absolute Gasteiger partial charge is 0.373 e. The van der Waals surface area contributed by atoms with E-state index in [1.54, 1.807) is 0 Å². The predicted octanol–water partition coefficient (Wildman–Crippen LogP) is 1.40. The maximum Gasteiger partial charge on any atom is 0.226 e. The number of likely N-dealkylation sites (tertiary alicyclic amines) is 2. The molecule has 154 valence electrons. The minimum absolute atomic E-state index is 0.199. The second-order valence-corrected chi connectivity index (χ2v) is 8.30. The summed E-state index contributed by atoms with van der Waals surface area (Å²) in [5.41, 5.74) is 5.85. The van der Waals surface area contributed by atoms with Crippen LogP contribution in [0.5, 0.6) is 0 Å². The van der Waals surface area contributed by atoms with E-state index in [0.29, 0.717) is 17.9 Å². The fraction of sp³-hybridized carbons (Fsp3) is 0.750. The zero-order valence-corrected chi connectivity index (χ0v) is 16.9. The summed E-state index contributed by atoms with van der Waals surface area (Å²) in [4.78, 5) is 28.4. The summed E-state index contributed by atoms with van der Waals surface area (Å²) in [7, 11) is 1.84. The van der Waals surface area contributed by atoms with Gasteiger partial charge >= 0.3 is 0 Å². The fourth-order valence-electron chi connectivity index (χ4n) is 4.94. The van der Waals surface area contributed by atoms with Crippen molar-refractivity contribution in [3.8, 4) is 0 Å². The number of anilines is 3. The molecule has 4 heterocycles. The molecule has 1 aromatic heterocycles. The number of rotatable bonds is 4. The number of nitrogen functional groups attached to an aromatic ring is 1. The lowest BCUT2D eigenvalue weighted by atomic mass is 9.93. The van der Waals surface area contributed by atoms with E-state index in [4.69, 9.17) is 5.73 Å². The lowest BCUT2D eigenvalue weighted by molar-refractivity contribution is -0.136. The molecule has 4 rings (SSSR count). The molecule has 0 bridgehead atoms. The van der Waals surface area contributed by atoms with Gasteiger partial charge in [0.15, 0.2) is 0 Å². The van der Waals surface area contributed by atoms with Crippen molar-refractivity contribution in [3.63, 3.8) is 0 Å². The second-order valence-electron chi connectivity index (χ2n) is 8.30. The van der Waals surface area contributed by atoms with Gasteiger partial charge in [-0.2, -0.15) is 9.97 Å². The standard InChI is InChI=1S/C20H33N7O/c1-22-17-13-18(24-20(21)23-17)25-11-6-16(7-12-25)27-10-4-5-15(14-27)19(28)26-8-2-3-9-26/h13,15-16H,2-12,14H2,1H3,(H3,21,22,23,24)/t15-/m1/s1. The highest BCUT2D eigenvalue weighted by Crippen LogP contribution is 2.28. The molecule has 1 atom stereocenters. The molecule has 8 nitrogen and oxygen atoms in total. The van der Waals surface area contributed by atoms with Crippen LogP contribution in [0.4, 0.5) is 17.6 Å². The SMILES string of the molecule is CNc1cc(N2CCC(N3CCC[C@@H](C(=O)N4CCCC4)C3)CC2)nc(N)n1. The molecule has 0 spiro atoms. The van der Waals surface area contributed by atoms with Gasteiger partial charge in [0.25, 0.3) is 0 Å². The Balaban J connectivity index is 1.33. The van der Waals surface area contributed by atoms with Crippen molar-refractivity contribution in [2.24, 2.45) is 5.92 Å². The molecule has 3 aliphatic rings. The molecular weight excluding hydrogens is 354 g/mol. The monoisotopic (exact) mass is 387 g/mol. The summed E-state index contributed by atoms with van der Waals surface area (Å²) >= 11 is 0. The highest BCUT2D eigenvalue weighted by atomic mass is 16.2. The van der Waals surface area contributed by atoms with Crippen LogP contribution < -0.4 is 16.0 Å². The van der Waals surface area contributed by atoms with E-state index in [9.17, 15) is 4.79 Å². The topological polar surface area (TPSA) is 90.6 Å². The van der Waals surface area contributed by atoms with Gasteiger partial charge in [-0.3, -0.25) is 9.69 Å². The number of carbonyl (C=O) groups is 1. The van der Waals surface area contributed by atoms with E-state index in [1.165, 1.54) is 12.8 Å². The number of hydrogen-bond donors (Lipinski definition) is 2. The third-order valence-corrected chi connectivity index (χ3v) is 6.51. The Morgan fingerprint density at radius 2 is 1.82 bits per heavy atom. The van der Waals surface area contributed by atoms with Crippen LogP contribution >= 0.6 is 0 Å². The van der Waals surface area contributed by atoms with Gasteiger partial charge in [-0.05, 0) is 45.1 Å². The molecule has 0 aromatic carbocycles. The third-order valence-electron chi connectivity index (χ3n) is 6.51. The van der Waals surface area contributed by atoms with Crippen LogP contribution in [0.15, 0.2) is 6.07 Å². The van der Waals surface area contributed by atoms with E-state index >= 15 is 0 Å². The van der Waals surface area contributed by atoms with Crippen LogP contribution in [-0.4, -0.2) is 78.0 Å². The van der Waals surface area contributed by atoms with Crippen molar-refractivity contribution < 1.29 is 4.79 Å². The quantitative estimate of drug-likeness (QED) is 0.807. The molecule has 3 saturated heterocycles. The average molecular weight is 388 g/mol. The van der Waals surface area contributed by atoms with Crippen molar-refractivity contribution in [1.82, 2.24) is 19.8 Å². The van der Waals surface area contributed by atoms with Crippen molar-refractivity contribution >= 4 is 23.5 Å². The van der Waals surface area contributed by atoms with Gasteiger partial charge in [-0.25, -0.2) is 0 Å². The summed E-state index contributed by atoms with van der Waals surface area (Å²) in [5, 5.41) is 3.04. The van der Waals surface area contributed by atoms with E-state index in [-0.39, 0.29) is 5.92 Å². The fourth-order valence-corrected chi connectivity index (χ4v) is 4.94. The Morgan fingerprint density at radius 3 is 2.54 bits per heavy atom. The zero-order chi connectivity index (χ0) is 19.5. The van der Waals surface area contributed by atoms with Crippen LogP contribution in [0.1, 0.15) is 38.5 Å². The number of piperidine rings is 2. The van der Waals surface area contributed by atoms with Gasteiger partial charge in [0, 0.05) is 51.9 Å². The van der Waals surface area contributed by atoms with Crippen LogP contribution in [0.25, 0.3) is 0 Å². The van der Waals surface area contributed by atoms with E-state index in [2.05, 4.69) is 30.0 Å². The molecule has 3 N–H and O–H groups in total. The highest BCUT2D eigenvalue weighted by Gasteiger charge is 2.34. The Bertz CT molecular complexity index is 683.